The number of nitrogens with zero attached hydrogens (tertiary/aromatic N) is 2. The number of anilines is 1. The monoisotopic (exact) mass is 358 g/mol. The van der Waals surface area contributed by atoms with Crippen molar-refractivity contribution in [3.05, 3.63) is 53.6 Å². The average molecular weight is 358 g/mol. The molecule has 0 fully saturated rings. The maximum atomic E-state index is 13.9. The normalized spacial score (nSPS) is 10.6. The van der Waals surface area contributed by atoms with Gasteiger partial charge in [-0.25, -0.2) is 13.8 Å². The minimum Gasteiger partial charge on any atom is -0.497 e. The van der Waals surface area contributed by atoms with Crippen LogP contribution in [0.25, 0.3) is 10.2 Å². The molecular weight excluding hydrogens is 342 g/mol. The van der Waals surface area contributed by atoms with Crippen LogP contribution in [0.1, 0.15) is 5.56 Å². The van der Waals surface area contributed by atoms with E-state index in [9.17, 15) is 8.78 Å². The van der Waals surface area contributed by atoms with Crippen LogP contribution >= 0.6 is 11.3 Å². The lowest BCUT2D eigenvalue weighted by atomic mass is 10.1. The molecule has 1 aromatic heterocycles. The van der Waals surface area contributed by atoms with Crippen LogP contribution in [0.15, 0.2) is 36.4 Å². The highest BCUT2D eigenvalue weighted by Gasteiger charge is 2.15. The summed E-state index contributed by atoms with van der Waals surface area (Å²) in [5, 5.41) is 0.589. The zero-order valence-corrected chi connectivity index (χ0v) is 14.4. The maximum absolute atomic E-state index is 13.9. The fraction of sp³-hybridized carbons (Fsp3) is 0.211. The summed E-state index contributed by atoms with van der Waals surface area (Å²) < 4.78 is 32.7. The Morgan fingerprint density at radius 2 is 2.00 bits per heavy atom. The van der Waals surface area contributed by atoms with Crippen LogP contribution in [-0.4, -0.2) is 25.2 Å². The predicted octanol–water partition coefficient (Wildman–Crippen LogP) is 4.27. The topological polar surface area (TPSA) is 25.4 Å². The van der Waals surface area contributed by atoms with Gasteiger partial charge in [0.15, 0.2) is 5.13 Å². The molecule has 0 N–H and O–H groups in total. The van der Waals surface area contributed by atoms with E-state index in [1.54, 1.807) is 7.11 Å². The van der Waals surface area contributed by atoms with E-state index in [-0.39, 0.29) is 0 Å². The van der Waals surface area contributed by atoms with Gasteiger partial charge >= 0.3 is 0 Å². The van der Waals surface area contributed by atoms with E-state index < -0.39 is 11.6 Å². The Morgan fingerprint density at radius 1 is 1.24 bits per heavy atom. The summed E-state index contributed by atoms with van der Waals surface area (Å²) in [5.74, 6) is 2.16. The van der Waals surface area contributed by atoms with Crippen LogP contribution < -0.4 is 9.64 Å². The molecule has 0 unspecified atom stereocenters. The molecule has 0 saturated carbocycles. The lowest BCUT2D eigenvalue weighted by Crippen LogP contribution is -2.26. The van der Waals surface area contributed by atoms with Gasteiger partial charge in [0.25, 0.3) is 0 Å². The van der Waals surface area contributed by atoms with E-state index in [0.717, 1.165) is 23.8 Å². The summed E-state index contributed by atoms with van der Waals surface area (Å²) in [4.78, 5) is 6.24. The van der Waals surface area contributed by atoms with Gasteiger partial charge in [-0.05, 0) is 24.1 Å². The van der Waals surface area contributed by atoms with Crippen molar-refractivity contribution in [1.82, 2.24) is 4.98 Å². The first-order chi connectivity index (χ1) is 12.1. The third-order valence-corrected chi connectivity index (χ3v) is 4.92. The number of fused-ring (bicyclic) bond motifs is 1. The van der Waals surface area contributed by atoms with Crippen molar-refractivity contribution < 1.29 is 13.5 Å². The molecule has 0 bridgehead atoms. The molecule has 0 atom stereocenters. The van der Waals surface area contributed by atoms with E-state index in [1.165, 1.54) is 17.4 Å². The summed E-state index contributed by atoms with van der Waals surface area (Å²) in [5.41, 5.74) is 1.44. The molecule has 0 aliphatic heterocycles. The van der Waals surface area contributed by atoms with Crippen LogP contribution in [0.3, 0.4) is 0 Å². The van der Waals surface area contributed by atoms with Crippen molar-refractivity contribution in [1.29, 1.82) is 0 Å². The van der Waals surface area contributed by atoms with Crippen LogP contribution in [0.4, 0.5) is 13.9 Å². The minimum atomic E-state index is -0.636. The molecule has 25 heavy (non-hydrogen) atoms. The van der Waals surface area contributed by atoms with Crippen LogP contribution in [0.5, 0.6) is 5.75 Å². The standard InChI is InChI=1S/C19H16F2N2OS/c1-3-9-23(10-8-13-4-6-15(24-2)7-5-13)19-22-17-12-14(20)11-16(21)18(17)25-19/h1,4-7,11-12H,8-10H2,2H3. The summed E-state index contributed by atoms with van der Waals surface area (Å²) in [6.45, 7) is 0.973. The molecule has 128 valence electrons. The van der Waals surface area contributed by atoms with Gasteiger partial charge in [0.05, 0.1) is 23.9 Å². The number of hydrogen-bond donors (Lipinski definition) is 0. The SMILES string of the molecule is C#CCN(CCc1ccc(OC)cc1)c1nc2cc(F)cc(F)c2s1. The minimum absolute atomic E-state index is 0.309. The number of benzene rings is 2. The summed E-state index contributed by atoms with van der Waals surface area (Å²) in [7, 11) is 1.62. The summed E-state index contributed by atoms with van der Waals surface area (Å²) >= 11 is 1.18. The first kappa shape index (κ1) is 17.2. The Balaban J connectivity index is 1.80. The molecule has 0 radical (unpaired) electrons. The molecule has 2 aromatic carbocycles. The smallest absolute Gasteiger partial charge is 0.187 e. The highest BCUT2D eigenvalue weighted by atomic mass is 32.1. The van der Waals surface area contributed by atoms with E-state index in [0.29, 0.717) is 28.4 Å². The van der Waals surface area contributed by atoms with Gasteiger partial charge in [-0.1, -0.05) is 29.4 Å². The number of halogens is 2. The quantitative estimate of drug-likeness (QED) is 0.616. The second kappa shape index (κ2) is 7.49. The zero-order chi connectivity index (χ0) is 17.8. The van der Waals surface area contributed by atoms with Gasteiger partial charge in [0, 0.05) is 18.7 Å². The number of terminal acetylenes is 1. The van der Waals surface area contributed by atoms with E-state index >= 15 is 0 Å². The number of ether oxygens (including phenoxy) is 1. The third-order valence-electron chi connectivity index (χ3n) is 3.78. The maximum Gasteiger partial charge on any atom is 0.187 e. The van der Waals surface area contributed by atoms with Crippen molar-refractivity contribution in [3.8, 4) is 18.1 Å². The van der Waals surface area contributed by atoms with Gasteiger partial charge in [-0.2, -0.15) is 0 Å². The number of aromatic nitrogens is 1. The number of thiazole rings is 1. The van der Waals surface area contributed by atoms with Crippen molar-refractivity contribution >= 4 is 26.7 Å². The molecule has 6 heteroatoms. The zero-order valence-electron chi connectivity index (χ0n) is 13.6. The lowest BCUT2D eigenvalue weighted by Gasteiger charge is -2.19. The van der Waals surface area contributed by atoms with Crippen molar-refractivity contribution in [3.63, 3.8) is 0 Å². The molecule has 0 amide bonds. The Bertz CT molecular complexity index is 916. The molecule has 1 heterocycles. The van der Waals surface area contributed by atoms with Crippen molar-refractivity contribution in [2.45, 2.75) is 6.42 Å². The van der Waals surface area contributed by atoms with Crippen LogP contribution in [-0.2, 0) is 6.42 Å². The van der Waals surface area contributed by atoms with Crippen LogP contribution in [0, 0.1) is 24.0 Å². The van der Waals surface area contributed by atoms with Gasteiger partial charge in [-0.15, -0.1) is 6.42 Å². The van der Waals surface area contributed by atoms with Gasteiger partial charge in [0.2, 0.25) is 0 Å². The Morgan fingerprint density at radius 3 is 2.68 bits per heavy atom. The molecule has 3 nitrogen and oxygen atoms in total. The van der Waals surface area contributed by atoms with Crippen molar-refractivity contribution in [2.24, 2.45) is 0 Å². The fourth-order valence-corrected chi connectivity index (χ4v) is 3.47. The van der Waals surface area contributed by atoms with Gasteiger partial charge in [-0.3, -0.25) is 0 Å². The first-order valence-electron chi connectivity index (χ1n) is 7.67. The molecule has 3 rings (SSSR count). The molecule has 0 saturated heterocycles. The van der Waals surface area contributed by atoms with Crippen LogP contribution in [0.2, 0.25) is 0 Å². The predicted molar refractivity (Wildman–Crippen MR) is 97.3 cm³/mol. The summed E-state index contributed by atoms with van der Waals surface area (Å²) in [6.07, 6.45) is 6.20. The molecule has 0 aliphatic rings. The number of hydrogen-bond acceptors (Lipinski definition) is 4. The largest absolute Gasteiger partial charge is 0.497 e. The Hall–Kier alpha value is -2.65. The Kier molecular flexibility index (Phi) is 5.15. The summed E-state index contributed by atoms with van der Waals surface area (Å²) in [6, 6.07) is 9.87. The molecule has 0 spiro atoms. The van der Waals surface area contributed by atoms with Gasteiger partial charge in [0.1, 0.15) is 17.4 Å². The van der Waals surface area contributed by atoms with Crippen molar-refractivity contribution in [2.75, 3.05) is 25.1 Å². The highest BCUT2D eigenvalue weighted by molar-refractivity contribution is 7.22. The van der Waals surface area contributed by atoms with E-state index in [1.807, 2.05) is 29.2 Å². The Labute approximate surface area is 148 Å². The molecular formula is C19H16F2N2OS. The first-order valence-corrected chi connectivity index (χ1v) is 8.49. The number of rotatable bonds is 6. The second-order valence-corrected chi connectivity index (χ2v) is 6.43. The average Bonchev–Trinajstić information content (AvgIpc) is 3.03. The molecule has 0 aliphatic carbocycles. The van der Waals surface area contributed by atoms with E-state index in [4.69, 9.17) is 11.2 Å². The third kappa shape index (κ3) is 3.89. The van der Waals surface area contributed by atoms with Gasteiger partial charge < -0.3 is 9.64 Å². The van der Waals surface area contributed by atoms with E-state index in [2.05, 4.69) is 10.9 Å². The molecule has 3 aromatic rings. The number of methoxy groups -OCH3 is 1. The fourth-order valence-electron chi connectivity index (χ4n) is 2.49. The second-order valence-electron chi connectivity index (χ2n) is 5.46. The lowest BCUT2D eigenvalue weighted by molar-refractivity contribution is 0.414. The highest BCUT2D eigenvalue weighted by Crippen LogP contribution is 2.31.